The van der Waals surface area contributed by atoms with Crippen molar-refractivity contribution in [3.05, 3.63) is 51.4 Å². The van der Waals surface area contributed by atoms with Crippen LogP contribution in [0, 0.1) is 6.92 Å². The Morgan fingerprint density at radius 1 is 1.26 bits per heavy atom. The Kier molecular flexibility index (Phi) is 5.76. The average Bonchev–Trinajstić information content (AvgIpc) is 3.01. The first-order valence-electron chi connectivity index (χ1n) is 8.15. The normalized spacial score (nSPS) is 10.6. The second-order valence-electron chi connectivity index (χ2n) is 6.03. The second kappa shape index (κ2) is 8.06. The molecule has 0 saturated carbocycles. The molecule has 0 radical (unpaired) electrons. The number of nitrogens with zero attached hydrogens (tertiary/aromatic N) is 3. The molecule has 140 valence electrons. The van der Waals surface area contributed by atoms with Crippen LogP contribution in [0.25, 0.3) is 11.3 Å². The number of benzene rings is 1. The van der Waals surface area contributed by atoms with Crippen molar-refractivity contribution in [2.45, 2.75) is 6.92 Å². The Morgan fingerprint density at radius 3 is 2.59 bits per heavy atom. The molecule has 8 heteroatoms. The van der Waals surface area contributed by atoms with Crippen LogP contribution in [0.4, 0.5) is 10.9 Å². The van der Waals surface area contributed by atoms with Crippen LogP contribution < -0.4 is 15.0 Å². The molecule has 0 fully saturated rings. The third-order valence-electron chi connectivity index (χ3n) is 3.88. The highest BCUT2D eigenvalue weighted by atomic mass is 79.9. The Hall–Kier alpha value is -2.45. The smallest absolute Gasteiger partial charge is 0.261 e. The number of aromatic nitrogens is 2. The van der Waals surface area contributed by atoms with Gasteiger partial charge in [-0.15, -0.1) is 11.3 Å². The van der Waals surface area contributed by atoms with E-state index in [2.05, 4.69) is 31.2 Å². The highest BCUT2D eigenvalue weighted by molar-refractivity contribution is 9.10. The van der Waals surface area contributed by atoms with Crippen molar-refractivity contribution in [1.29, 1.82) is 0 Å². The Bertz CT molecular complexity index is 970. The number of rotatable bonds is 5. The number of ether oxygens (including phenoxy) is 1. The van der Waals surface area contributed by atoms with Crippen LogP contribution in [0.3, 0.4) is 0 Å². The maximum Gasteiger partial charge on any atom is 0.261 e. The van der Waals surface area contributed by atoms with E-state index >= 15 is 0 Å². The summed E-state index contributed by atoms with van der Waals surface area (Å²) >= 11 is 4.81. The van der Waals surface area contributed by atoms with Crippen LogP contribution in [0.2, 0.25) is 0 Å². The molecule has 0 spiro atoms. The van der Waals surface area contributed by atoms with Gasteiger partial charge in [0.1, 0.15) is 11.6 Å². The van der Waals surface area contributed by atoms with E-state index < -0.39 is 0 Å². The summed E-state index contributed by atoms with van der Waals surface area (Å²) in [5.41, 5.74) is 2.30. The predicted octanol–water partition coefficient (Wildman–Crippen LogP) is 4.60. The Balaban J connectivity index is 1.87. The average molecular weight is 447 g/mol. The second-order valence-corrected chi connectivity index (χ2v) is 8.14. The van der Waals surface area contributed by atoms with Gasteiger partial charge in [-0.2, -0.15) is 0 Å². The standard InChI is InChI=1S/C19H19BrN4O2S/c1-11-16(12-5-7-14(26-4)8-6-12)22-19(27-11)23-18(25)15-9-13(20)10-21-17(15)24(2)3/h5-10H,1-4H3,(H,22,23,25). The van der Waals surface area contributed by atoms with Gasteiger partial charge in [0.25, 0.3) is 5.91 Å². The fourth-order valence-electron chi connectivity index (χ4n) is 2.59. The van der Waals surface area contributed by atoms with E-state index in [-0.39, 0.29) is 5.91 Å². The minimum Gasteiger partial charge on any atom is -0.497 e. The number of hydrogen-bond acceptors (Lipinski definition) is 6. The van der Waals surface area contributed by atoms with Crippen LogP contribution in [-0.4, -0.2) is 37.1 Å². The van der Waals surface area contributed by atoms with Crippen molar-refractivity contribution in [3.63, 3.8) is 0 Å². The lowest BCUT2D eigenvalue weighted by molar-refractivity contribution is 0.102. The molecule has 2 heterocycles. The summed E-state index contributed by atoms with van der Waals surface area (Å²) in [4.78, 5) is 24.5. The van der Waals surface area contributed by atoms with Crippen molar-refractivity contribution in [2.75, 3.05) is 31.4 Å². The van der Waals surface area contributed by atoms with Gasteiger partial charge in [-0.3, -0.25) is 10.1 Å². The predicted molar refractivity (Wildman–Crippen MR) is 113 cm³/mol. The number of thiazole rings is 1. The lowest BCUT2D eigenvalue weighted by atomic mass is 10.1. The fourth-order valence-corrected chi connectivity index (χ4v) is 3.75. The number of amides is 1. The molecule has 0 aliphatic rings. The molecule has 0 aliphatic heterocycles. The molecule has 1 N–H and O–H groups in total. The number of nitrogens with one attached hydrogen (secondary N) is 1. The van der Waals surface area contributed by atoms with E-state index in [9.17, 15) is 4.79 Å². The van der Waals surface area contributed by atoms with E-state index in [0.717, 1.165) is 26.4 Å². The topological polar surface area (TPSA) is 67.3 Å². The molecular formula is C19H19BrN4O2S. The molecular weight excluding hydrogens is 428 g/mol. The van der Waals surface area contributed by atoms with E-state index in [1.165, 1.54) is 11.3 Å². The largest absolute Gasteiger partial charge is 0.497 e. The van der Waals surface area contributed by atoms with Crippen LogP contribution >= 0.6 is 27.3 Å². The summed E-state index contributed by atoms with van der Waals surface area (Å²) < 4.78 is 5.94. The maximum atomic E-state index is 12.8. The quantitative estimate of drug-likeness (QED) is 0.619. The van der Waals surface area contributed by atoms with Gasteiger partial charge in [-0.05, 0) is 53.2 Å². The van der Waals surface area contributed by atoms with Gasteiger partial charge in [0.05, 0.1) is 18.4 Å². The van der Waals surface area contributed by atoms with Crippen molar-refractivity contribution in [2.24, 2.45) is 0 Å². The van der Waals surface area contributed by atoms with E-state index in [1.807, 2.05) is 45.3 Å². The number of halogens is 1. The summed E-state index contributed by atoms with van der Waals surface area (Å²) in [5.74, 6) is 1.14. The van der Waals surface area contributed by atoms with Gasteiger partial charge in [0, 0.05) is 35.2 Å². The summed E-state index contributed by atoms with van der Waals surface area (Å²) in [6.45, 7) is 1.98. The Morgan fingerprint density at radius 2 is 1.96 bits per heavy atom. The van der Waals surface area contributed by atoms with E-state index in [0.29, 0.717) is 16.5 Å². The number of carbonyl (C=O) groups excluding carboxylic acids is 1. The number of hydrogen-bond donors (Lipinski definition) is 1. The zero-order valence-electron chi connectivity index (χ0n) is 15.4. The van der Waals surface area contributed by atoms with Crippen molar-refractivity contribution >= 4 is 44.1 Å². The summed E-state index contributed by atoms with van der Waals surface area (Å²) in [7, 11) is 5.33. The molecule has 0 bridgehead atoms. The van der Waals surface area contributed by atoms with Gasteiger partial charge in [0.15, 0.2) is 5.13 Å². The number of pyridine rings is 1. The van der Waals surface area contributed by atoms with Crippen LogP contribution in [0.5, 0.6) is 5.75 Å². The molecule has 27 heavy (non-hydrogen) atoms. The molecule has 3 rings (SSSR count). The monoisotopic (exact) mass is 446 g/mol. The fraction of sp³-hybridized carbons (Fsp3) is 0.211. The first-order chi connectivity index (χ1) is 12.9. The molecule has 0 aliphatic carbocycles. The minimum absolute atomic E-state index is 0.248. The van der Waals surface area contributed by atoms with Gasteiger partial charge >= 0.3 is 0 Å². The SMILES string of the molecule is COc1ccc(-c2nc(NC(=O)c3cc(Br)cnc3N(C)C)sc2C)cc1. The lowest BCUT2D eigenvalue weighted by Crippen LogP contribution is -2.19. The van der Waals surface area contributed by atoms with E-state index in [1.54, 1.807) is 24.3 Å². The molecule has 0 unspecified atom stereocenters. The molecule has 1 amide bonds. The number of aryl methyl sites for hydroxylation is 1. The van der Waals surface area contributed by atoms with Gasteiger partial charge in [0.2, 0.25) is 0 Å². The van der Waals surface area contributed by atoms with Crippen LogP contribution in [0.1, 0.15) is 15.2 Å². The molecule has 0 saturated heterocycles. The molecule has 2 aromatic heterocycles. The first-order valence-corrected chi connectivity index (χ1v) is 9.76. The maximum absolute atomic E-state index is 12.8. The zero-order chi connectivity index (χ0) is 19.6. The van der Waals surface area contributed by atoms with Crippen molar-refractivity contribution < 1.29 is 9.53 Å². The van der Waals surface area contributed by atoms with Crippen molar-refractivity contribution in [1.82, 2.24) is 9.97 Å². The minimum atomic E-state index is -0.248. The summed E-state index contributed by atoms with van der Waals surface area (Å²) in [6.07, 6.45) is 1.67. The highest BCUT2D eigenvalue weighted by Gasteiger charge is 2.18. The molecule has 0 atom stereocenters. The van der Waals surface area contributed by atoms with Gasteiger partial charge < -0.3 is 9.64 Å². The van der Waals surface area contributed by atoms with Gasteiger partial charge in [-0.25, -0.2) is 9.97 Å². The summed E-state index contributed by atoms with van der Waals surface area (Å²) in [5, 5.41) is 3.44. The number of anilines is 2. The highest BCUT2D eigenvalue weighted by Crippen LogP contribution is 2.32. The van der Waals surface area contributed by atoms with Crippen molar-refractivity contribution in [3.8, 4) is 17.0 Å². The van der Waals surface area contributed by atoms with Gasteiger partial charge in [-0.1, -0.05) is 0 Å². The van der Waals surface area contributed by atoms with Crippen LogP contribution in [-0.2, 0) is 0 Å². The lowest BCUT2D eigenvalue weighted by Gasteiger charge is -2.15. The molecule has 6 nitrogen and oxygen atoms in total. The Labute approximate surface area is 170 Å². The van der Waals surface area contributed by atoms with Crippen LogP contribution in [0.15, 0.2) is 41.0 Å². The third-order valence-corrected chi connectivity index (χ3v) is 5.20. The molecule has 1 aromatic carbocycles. The third kappa shape index (κ3) is 4.28. The zero-order valence-corrected chi connectivity index (χ0v) is 17.8. The van der Waals surface area contributed by atoms with E-state index in [4.69, 9.17) is 4.74 Å². The number of carbonyl (C=O) groups is 1. The first kappa shape index (κ1) is 19.3. The summed E-state index contributed by atoms with van der Waals surface area (Å²) in [6, 6.07) is 9.44. The molecule has 3 aromatic rings. The number of methoxy groups -OCH3 is 1.